The summed E-state index contributed by atoms with van der Waals surface area (Å²) in [6.07, 6.45) is 12.0. The molecule has 6 heteroatoms. The fourth-order valence-electron chi connectivity index (χ4n) is 4.17. The lowest BCUT2D eigenvalue weighted by Crippen LogP contribution is -2.40. The summed E-state index contributed by atoms with van der Waals surface area (Å²) in [5.74, 6) is -0.861. The predicted molar refractivity (Wildman–Crippen MR) is 98.2 cm³/mol. The van der Waals surface area contributed by atoms with E-state index in [0.717, 1.165) is 38.5 Å². The zero-order valence-electron chi connectivity index (χ0n) is 15.1. The third-order valence-electron chi connectivity index (χ3n) is 5.56. The Morgan fingerprint density at radius 1 is 0.846 bits per heavy atom. The third kappa shape index (κ3) is 3.79. The van der Waals surface area contributed by atoms with E-state index in [9.17, 15) is 19.7 Å². The summed E-state index contributed by atoms with van der Waals surface area (Å²) in [4.78, 5) is 37.8. The molecule has 140 valence electrons. The van der Waals surface area contributed by atoms with Crippen molar-refractivity contribution in [3.63, 3.8) is 0 Å². The Bertz CT molecular complexity index is 689. The Hall–Kier alpha value is -2.24. The van der Waals surface area contributed by atoms with Crippen molar-refractivity contribution in [3.05, 3.63) is 39.4 Å². The van der Waals surface area contributed by atoms with Gasteiger partial charge in [0.1, 0.15) is 5.56 Å². The Balaban J connectivity index is 1.82. The van der Waals surface area contributed by atoms with Crippen molar-refractivity contribution in [2.75, 3.05) is 0 Å². The number of rotatable bonds is 2. The quantitative estimate of drug-likeness (QED) is 0.429. The second-order valence-electron chi connectivity index (χ2n) is 7.35. The minimum absolute atomic E-state index is 0.0337. The normalized spacial score (nSPS) is 20.4. The molecule has 0 aromatic heterocycles. The highest BCUT2D eigenvalue weighted by atomic mass is 16.6. The van der Waals surface area contributed by atoms with E-state index in [4.69, 9.17) is 0 Å². The molecular formula is C20H26N2O4. The second-order valence-corrected chi connectivity index (χ2v) is 7.35. The summed E-state index contributed by atoms with van der Waals surface area (Å²) in [5, 5.41) is 11.3. The van der Waals surface area contributed by atoms with E-state index < -0.39 is 10.8 Å². The fourth-order valence-corrected chi connectivity index (χ4v) is 4.17. The van der Waals surface area contributed by atoms with Gasteiger partial charge in [-0.15, -0.1) is 0 Å². The average Bonchev–Trinajstić information content (AvgIpc) is 2.87. The standard InChI is InChI=1S/C20H26N2O4/c23-19-16-13-10-14-17(22(25)26)18(16)20(24)21(19)15-11-8-6-4-2-1-3-5-7-9-12-15/h10,13-15H,1-9,11-12H2. The maximum absolute atomic E-state index is 12.9. The minimum Gasteiger partial charge on any atom is -0.271 e. The zero-order valence-corrected chi connectivity index (χ0v) is 15.1. The number of carbonyl (C=O) groups excluding carboxylic acids is 2. The first-order chi connectivity index (χ1) is 12.6. The molecule has 1 aromatic rings. The first kappa shape index (κ1) is 18.5. The number of imide groups is 1. The Morgan fingerprint density at radius 3 is 1.92 bits per heavy atom. The molecule has 0 bridgehead atoms. The molecule has 3 rings (SSSR count). The van der Waals surface area contributed by atoms with Gasteiger partial charge >= 0.3 is 0 Å². The summed E-state index contributed by atoms with van der Waals surface area (Å²) in [6, 6.07) is 4.15. The smallest absolute Gasteiger partial charge is 0.271 e. The van der Waals surface area contributed by atoms with Crippen LogP contribution in [0.2, 0.25) is 0 Å². The van der Waals surface area contributed by atoms with E-state index in [0.29, 0.717) is 0 Å². The van der Waals surface area contributed by atoms with Crippen LogP contribution in [0.1, 0.15) is 91.3 Å². The molecule has 0 unspecified atom stereocenters. The lowest BCUT2D eigenvalue weighted by atomic mass is 9.97. The largest absolute Gasteiger partial charge is 0.282 e. The number of nitro benzene ring substituents is 1. The van der Waals surface area contributed by atoms with Crippen LogP contribution in [0.15, 0.2) is 18.2 Å². The molecule has 26 heavy (non-hydrogen) atoms. The van der Waals surface area contributed by atoms with Gasteiger partial charge in [0.05, 0.1) is 10.5 Å². The van der Waals surface area contributed by atoms with E-state index in [-0.39, 0.29) is 28.8 Å². The van der Waals surface area contributed by atoms with E-state index in [1.165, 1.54) is 55.2 Å². The van der Waals surface area contributed by atoms with E-state index in [2.05, 4.69) is 0 Å². The molecular weight excluding hydrogens is 332 g/mol. The van der Waals surface area contributed by atoms with Gasteiger partial charge in [-0.2, -0.15) is 0 Å². The highest BCUT2D eigenvalue weighted by molar-refractivity contribution is 6.23. The van der Waals surface area contributed by atoms with Gasteiger partial charge in [0.2, 0.25) is 0 Å². The molecule has 1 aliphatic heterocycles. The molecule has 2 aliphatic rings. The van der Waals surface area contributed by atoms with Gasteiger partial charge in [-0.05, 0) is 18.9 Å². The van der Waals surface area contributed by atoms with Gasteiger partial charge in [0.25, 0.3) is 17.5 Å². The fraction of sp³-hybridized carbons (Fsp3) is 0.600. The monoisotopic (exact) mass is 358 g/mol. The number of nitrogens with zero attached hydrogens (tertiary/aromatic N) is 2. The number of amides is 2. The van der Waals surface area contributed by atoms with Crippen molar-refractivity contribution >= 4 is 17.5 Å². The third-order valence-corrected chi connectivity index (χ3v) is 5.56. The molecule has 0 atom stereocenters. The topological polar surface area (TPSA) is 80.5 Å². The van der Waals surface area contributed by atoms with Gasteiger partial charge in [0.15, 0.2) is 0 Å². The van der Waals surface area contributed by atoms with Crippen LogP contribution in [0.4, 0.5) is 5.69 Å². The van der Waals surface area contributed by atoms with E-state index in [1.807, 2.05) is 0 Å². The van der Waals surface area contributed by atoms with Gasteiger partial charge in [-0.3, -0.25) is 24.6 Å². The summed E-state index contributed by atoms with van der Waals surface area (Å²) in [6.45, 7) is 0. The Morgan fingerprint density at radius 2 is 1.38 bits per heavy atom. The van der Waals surface area contributed by atoms with Gasteiger partial charge in [0, 0.05) is 12.1 Å². The van der Waals surface area contributed by atoms with Crippen molar-refractivity contribution in [2.24, 2.45) is 0 Å². The summed E-state index contributed by atoms with van der Waals surface area (Å²) >= 11 is 0. The molecule has 0 N–H and O–H groups in total. The molecule has 0 radical (unpaired) electrons. The van der Waals surface area contributed by atoms with Gasteiger partial charge in [-0.1, -0.05) is 63.9 Å². The van der Waals surface area contributed by atoms with Crippen LogP contribution >= 0.6 is 0 Å². The zero-order chi connectivity index (χ0) is 18.5. The molecule has 0 spiro atoms. The van der Waals surface area contributed by atoms with Crippen LogP contribution in [0.3, 0.4) is 0 Å². The average molecular weight is 358 g/mol. The number of hydrogen-bond acceptors (Lipinski definition) is 4. The molecule has 1 saturated carbocycles. The summed E-state index contributed by atoms with van der Waals surface area (Å²) < 4.78 is 0. The number of benzene rings is 1. The van der Waals surface area contributed by atoms with Crippen molar-refractivity contribution in [1.29, 1.82) is 0 Å². The second kappa shape index (κ2) is 8.43. The van der Waals surface area contributed by atoms with Crippen LogP contribution in [0.5, 0.6) is 0 Å². The SMILES string of the molecule is O=C1c2cccc([N+](=O)[O-])c2C(=O)N1C1CCCCCCCCCCC1. The molecule has 1 fully saturated rings. The molecule has 6 nitrogen and oxygen atoms in total. The molecule has 1 heterocycles. The van der Waals surface area contributed by atoms with Gasteiger partial charge < -0.3 is 0 Å². The Kier molecular flexibility index (Phi) is 6.01. The number of hydrogen-bond donors (Lipinski definition) is 0. The van der Waals surface area contributed by atoms with Crippen molar-refractivity contribution in [3.8, 4) is 0 Å². The van der Waals surface area contributed by atoms with Crippen LogP contribution in [-0.2, 0) is 0 Å². The van der Waals surface area contributed by atoms with Crippen LogP contribution in [0, 0.1) is 10.1 Å². The molecule has 0 saturated heterocycles. The molecule has 2 amide bonds. The lowest BCUT2D eigenvalue weighted by molar-refractivity contribution is -0.385. The number of fused-ring (bicyclic) bond motifs is 1. The molecule has 1 aliphatic carbocycles. The first-order valence-electron chi connectivity index (χ1n) is 9.76. The highest BCUT2D eigenvalue weighted by Crippen LogP contribution is 2.34. The van der Waals surface area contributed by atoms with Crippen LogP contribution < -0.4 is 0 Å². The minimum atomic E-state index is -0.575. The number of carbonyl (C=O) groups is 2. The summed E-state index contributed by atoms with van der Waals surface area (Å²) in [5.41, 5.74) is -0.125. The maximum Gasteiger partial charge on any atom is 0.282 e. The Labute approximate surface area is 153 Å². The van der Waals surface area contributed by atoms with Gasteiger partial charge in [-0.25, -0.2) is 0 Å². The van der Waals surface area contributed by atoms with E-state index >= 15 is 0 Å². The van der Waals surface area contributed by atoms with Crippen LogP contribution in [-0.4, -0.2) is 27.7 Å². The lowest BCUT2D eigenvalue weighted by Gasteiger charge is -2.26. The van der Waals surface area contributed by atoms with E-state index in [1.54, 1.807) is 0 Å². The van der Waals surface area contributed by atoms with Crippen molar-refractivity contribution in [2.45, 2.75) is 76.7 Å². The maximum atomic E-state index is 12.9. The van der Waals surface area contributed by atoms with Crippen LogP contribution in [0.25, 0.3) is 0 Å². The number of nitro groups is 1. The van der Waals surface area contributed by atoms with Crippen molar-refractivity contribution < 1.29 is 14.5 Å². The predicted octanol–water partition coefficient (Wildman–Crippen LogP) is 4.86. The highest BCUT2D eigenvalue weighted by Gasteiger charge is 2.43. The molecule has 1 aromatic carbocycles. The first-order valence-corrected chi connectivity index (χ1v) is 9.76. The summed E-state index contributed by atoms with van der Waals surface area (Å²) in [7, 11) is 0. The van der Waals surface area contributed by atoms with Crippen molar-refractivity contribution in [1.82, 2.24) is 4.90 Å².